The van der Waals surface area contributed by atoms with Gasteiger partial charge in [-0.15, -0.1) is 0 Å². The third kappa shape index (κ3) is 8.22. The molecule has 0 fully saturated rings. The Hall–Kier alpha value is -2.60. The fraction of sp³-hybridized carbons (Fsp3) is 0.682. The monoisotopic (exact) mass is 527 g/mol. The molecule has 3 atom stereocenters. The van der Waals surface area contributed by atoms with E-state index in [4.69, 9.17) is 15.2 Å². The second-order valence-electron chi connectivity index (χ2n) is 9.94. The summed E-state index contributed by atoms with van der Waals surface area (Å²) in [7, 11) is -3.66. The molecule has 0 radical (unpaired) electrons. The van der Waals surface area contributed by atoms with Crippen molar-refractivity contribution in [2.45, 2.75) is 85.2 Å². The number of hydrogen-bond donors (Lipinski definition) is 4. The van der Waals surface area contributed by atoms with Crippen LogP contribution in [0.15, 0.2) is 12.7 Å². The summed E-state index contributed by atoms with van der Waals surface area (Å²) in [4.78, 5) is 36.4. The van der Waals surface area contributed by atoms with Crippen LogP contribution < -0.4 is 15.9 Å². The van der Waals surface area contributed by atoms with Crippen LogP contribution in [0.25, 0.3) is 11.2 Å². The van der Waals surface area contributed by atoms with Crippen molar-refractivity contribution in [2.24, 2.45) is 5.92 Å². The van der Waals surface area contributed by atoms with E-state index in [-0.39, 0.29) is 30.6 Å². The van der Waals surface area contributed by atoms with Gasteiger partial charge in [0.25, 0.3) is 0 Å². The van der Waals surface area contributed by atoms with Crippen LogP contribution in [0.1, 0.15) is 54.9 Å². The topological polar surface area (TPSA) is 184 Å². The smallest absolute Gasteiger partial charge is 0.326 e. The molecule has 0 aliphatic carbocycles. The molecule has 2 aromatic rings. The van der Waals surface area contributed by atoms with Gasteiger partial charge in [0.05, 0.1) is 31.5 Å². The van der Waals surface area contributed by atoms with Gasteiger partial charge in [0.1, 0.15) is 23.7 Å². The number of esters is 1. The molecule has 5 N–H and O–H groups in total. The largest absolute Gasteiger partial charge is 0.481 e. The minimum atomic E-state index is -3.66. The number of aliphatic carboxylic acids is 1. The predicted octanol–water partition coefficient (Wildman–Crippen LogP) is 2.37. The fourth-order valence-electron chi connectivity index (χ4n) is 3.44. The number of hydrogen-bond acceptors (Lipinski definition) is 9. The molecule has 0 bridgehead atoms. The normalized spacial score (nSPS) is 15.7. The molecular formula is C22H38N7O6P. The Morgan fingerprint density at radius 3 is 2.44 bits per heavy atom. The number of nitrogens with one attached hydrogen (secondary N) is 2. The van der Waals surface area contributed by atoms with Crippen LogP contribution in [0.4, 0.5) is 5.82 Å². The highest BCUT2D eigenvalue weighted by molar-refractivity contribution is 7.59. The van der Waals surface area contributed by atoms with Crippen LogP contribution in [-0.2, 0) is 30.2 Å². The third-order valence-corrected chi connectivity index (χ3v) is 7.49. The number of nitrogen functional groups attached to an aromatic ring is 1. The van der Waals surface area contributed by atoms with Crippen molar-refractivity contribution in [1.29, 1.82) is 0 Å². The van der Waals surface area contributed by atoms with Gasteiger partial charge in [-0.2, -0.15) is 0 Å². The minimum absolute atomic E-state index is 0.151. The number of nitrogens with two attached hydrogens (primary N) is 1. The van der Waals surface area contributed by atoms with Gasteiger partial charge >= 0.3 is 11.9 Å². The quantitative estimate of drug-likeness (QED) is 0.208. The van der Waals surface area contributed by atoms with Crippen molar-refractivity contribution in [3.63, 3.8) is 0 Å². The van der Waals surface area contributed by atoms with Gasteiger partial charge < -0.3 is 24.9 Å². The zero-order chi connectivity index (χ0) is 27.3. The van der Waals surface area contributed by atoms with Gasteiger partial charge in [0.15, 0.2) is 11.5 Å². The standard InChI is InChI=1S/C22H38N7O6P/c1-13(2)16(8-17(30)31)27-36(33,28-22(6,7)21(32)35-14(3)4)12-34-15(5)9-29-11-26-18-19(23)24-10-25-20(18)29/h10-11,13-16H,8-9,12H2,1-7H3,(H,30,31)(H2,23,24,25)(H2,27,28,33)/t15?,16-,36?/m0/s1. The molecule has 2 rings (SSSR count). The molecule has 36 heavy (non-hydrogen) atoms. The average molecular weight is 528 g/mol. The number of carbonyl (C=O) groups excluding carboxylic acids is 1. The van der Waals surface area contributed by atoms with Crippen LogP contribution in [0.3, 0.4) is 0 Å². The number of fused-ring (bicyclic) bond motifs is 1. The van der Waals surface area contributed by atoms with Crippen LogP contribution in [0, 0.1) is 5.92 Å². The number of aromatic nitrogens is 4. The van der Waals surface area contributed by atoms with E-state index < -0.39 is 37.1 Å². The highest BCUT2D eigenvalue weighted by Gasteiger charge is 2.39. The van der Waals surface area contributed by atoms with Gasteiger partial charge in [-0.1, -0.05) is 13.8 Å². The maximum Gasteiger partial charge on any atom is 0.326 e. The summed E-state index contributed by atoms with van der Waals surface area (Å²) in [5.41, 5.74) is 5.52. The molecule has 2 unspecified atom stereocenters. The summed E-state index contributed by atoms with van der Waals surface area (Å²) in [6.45, 7) is 12.3. The lowest BCUT2D eigenvalue weighted by molar-refractivity contribution is -0.153. The van der Waals surface area contributed by atoms with Crippen LogP contribution in [-0.4, -0.2) is 66.7 Å². The lowest BCUT2D eigenvalue weighted by Gasteiger charge is -2.34. The van der Waals surface area contributed by atoms with E-state index in [1.807, 2.05) is 13.8 Å². The summed E-state index contributed by atoms with van der Waals surface area (Å²) in [6.07, 6.45) is 1.55. The van der Waals surface area contributed by atoms with E-state index in [2.05, 4.69) is 25.1 Å². The molecule has 0 aromatic carbocycles. The first-order chi connectivity index (χ1) is 16.6. The van der Waals surface area contributed by atoms with E-state index in [1.54, 1.807) is 45.5 Å². The fourth-order valence-corrected chi connectivity index (χ4v) is 6.03. The van der Waals surface area contributed by atoms with E-state index >= 15 is 0 Å². The molecule has 0 amide bonds. The Morgan fingerprint density at radius 1 is 1.19 bits per heavy atom. The Morgan fingerprint density at radius 2 is 1.86 bits per heavy atom. The van der Waals surface area contributed by atoms with Gasteiger partial charge in [0.2, 0.25) is 7.44 Å². The van der Waals surface area contributed by atoms with Gasteiger partial charge in [-0.25, -0.2) is 25.1 Å². The molecule has 202 valence electrons. The van der Waals surface area contributed by atoms with Gasteiger partial charge in [-0.3, -0.25) is 14.2 Å². The summed E-state index contributed by atoms with van der Waals surface area (Å²) in [5, 5.41) is 15.2. The summed E-state index contributed by atoms with van der Waals surface area (Å²) in [5.74, 6) is -1.51. The second kappa shape index (κ2) is 12.1. The maximum absolute atomic E-state index is 14.1. The molecule has 14 heteroatoms. The van der Waals surface area contributed by atoms with E-state index in [0.29, 0.717) is 17.7 Å². The van der Waals surface area contributed by atoms with Crippen molar-refractivity contribution in [3.05, 3.63) is 12.7 Å². The number of ether oxygens (including phenoxy) is 2. The van der Waals surface area contributed by atoms with Gasteiger partial charge in [-0.05, 0) is 40.5 Å². The number of rotatable bonds is 14. The Labute approximate surface area is 211 Å². The first-order valence-corrected chi connectivity index (χ1v) is 13.6. The van der Waals surface area contributed by atoms with Crippen molar-refractivity contribution in [1.82, 2.24) is 29.7 Å². The lowest BCUT2D eigenvalue weighted by atomic mass is 10.0. The van der Waals surface area contributed by atoms with Crippen molar-refractivity contribution in [3.8, 4) is 0 Å². The zero-order valence-corrected chi connectivity index (χ0v) is 22.8. The summed E-state index contributed by atoms with van der Waals surface area (Å²) >= 11 is 0. The number of carboxylic acids is 1. The number of imidazole rings is 1. The maximum atomic E-state index is 14.1. The molecule has 0 saturated heterocycles. The van der Waals surface area contributed by atoms with Gasteiger partial charge in [0, 0.05) is 6.04 Å². The molecule has 2 heterocycles. The number of nitrogens with zero attached hydrogens (tertiary/aromatic N) is 4. The Bertz CT molecular complexity index is 1100. The van der Waals surface area contributed by atoms with Crippen LogP contribution in [0.2, 0.25) is 0 Å². The molecule has 0 saturated carbocycles. The zero-order valence-electron chi connectivity index (χ0n) is 21.9. The van der Waals surface area contributed by atoms with Crippen LogP contribution in [0.5, 0.6) is 0 Å². The Kier molecular flexibility index (Phi) is 9.95. The Balaban J connectivity index is 2.22. The number of carbonyl (C=O) groups is 2. The van der Waals surface area contributed by atoms with Crippen molar-refractivity contribution >= 4 is 36.4 Å². The highest BCUT2D eigenvalue weighted by Crippen LogP contribution is 2.41. The number of carboxylic acid groups (broad SMARTS) is 1. The molecule has 0 spiro atoms. The highest BCUT2D eigenvalue weighted by atomic mass is 31.2. The molecule has 0 aliphatic rings. The lowest BCUT2D eigenvalue weighted by Crippen LogP contribution is -2.51. The predicted molar refractivity (Wildman–Crippen MR) is 135 cm³/mol. The summed E-state index contributed by atoms with van der Waals surface area (Å²) in [6, 6.07) is -0.631. The molecule has 2 aromatic heterocycles. The van der Waals surface area contributed by atoms with Crippen molar-refractivity contribution < 1.29 is 28.7 Å². The SMILES string of the molecule is CC(C)OC(=O)C(C)(C)NP(=O)(COC(C)Cn1cnc2c(N)ncnc21)N[C@@H](CC(=O)O)C(C)C. The van der Waals surface area contributed by atoms with E-state index in [9.17, 15) is 19.3 Å². The first-order valence-electron chi connectivity index (χ1n) is 11.8. The van der Waals surface area contributed by atoms with E-state index in [0.717, 1.165) is 0 Å². The second-order valence-corrected chi connectivity index (χ2v) is 12.2. The first kappa shape index (κ1) is 29.6. The summed E-state index contributed by atoms with van der Waals surface area (Å²) < 4.78 is 27.1. The van der Waals surface area contributed by atoms with E-state index in [1.165, 1.54) is 6.33 Å². The average Bonchev–Trinajstić information content (AvgIpc) is 3.15. The molecule has 13 nitrogen and oxygen atoms in total. The minimum Gasteiger partial charge on any atom is -0.481 e. The third-order valence-electron chi connectivity index (χ3n) is 5.31. The molecule has 0 aliphatic heterocycles. The molecular weight excluding hydrogens is 489 g/mol. The van der Waals surface area contributed by atoms with Crippen molar-refractivity contribution in [2.75, 3.05) is 12.1 Å². The van der Waals surface area contributed by atoms with Crippen LogP contribution >= 0.6 is 7.44 Å². The number of anilines is 1.